The number of methoxy groups -OCH3 is 1. The SMILES string of the molecule is COC(=O)c1cc(CNC(=O)CC2COCCN2)oc1C. The van der Waals surface area contributed by atoms with Crippen molar-refractivity contribution in [2.75, 3.05) is 26.9 Å². The van der Waals surface area contributed by atoms with Crippen LogP contribution in [0.4, 0.5) is 0 Å². The molecule has 1 atom stereocenters. The van der Waals surface area contributed by atoms with E-state index in [0.29, 0.717) is 36.7 Å². The van der Waals surface area contributed by atoms with Crippen LogP contribution in [0.3, 0.4) is 0 Å². The van der Waals surface area contributed by atoms with Crippen LogP contribution < -0.4 is 10.6 Å². The van der Waals surface area contributed by atoms with E-state index in [1.54, 1.807) is 13.0 Å². The number of rotatable bonds is 5. The Labute approximate surface area is 123 Å². The van der Waals surface area contributed by atoms with Gasteiger partial charge in [0, 0.05) is 19.0 Å². The number of aryl methyl sites for hydroxylation is 1. The summed E-state index contributed by atoms with van der Waals surface area (Å²) in [5.41, 5.74) is 0.379. The molecule has 1 saturated heterocycles. The van der Waals surface area contributed by atoms with Crippen molar-refractivity contribution in [1.29, 1.82) is 0 Å². The lowest BCUT2D eigenvalue weighted by molar-refractivity contribution is -0.122. The van der Waals surface area contributed by atoms with E-state index in [-0.39, 0.29) is 18.5 Å². The lowest BCUT2D eigenvalue weighted by atomic mass is 10.2. The number of hydrogen-bond acceptors (Lipinski definition) is 6. The van der Waals surface area contributed by atoms with Gasteiger partial charge >= 0.3 is 5.97 Å². The molecular weight excluding hydrogens is 276 g/mol. The van der Waals surface area contributed by atoms with Gasteiger partial charge in [-0.1, -0.05) is 0 Å². The van der Waals surface area contributed by atoms with Crippen LogP contribution in [0.1, 0.15) is 28.3 Å². The molecule has 0 radical (unpaired) electrons. The van der Waals surface area contributed by atoms with E-state index < -0.39 is 5.97 Å². The van der Waals surface area contributed by atoms with E-state index in [1.807, 2.05) is 0 Å². The second-order valence-corrected chi connectivity index (χ2v) is 4.88. The van der Waals surface area contributed by atoms with Gasteiger partial charge < -0.3 is 24.5 Å². The molecule has 1 unspecified atom stereocenters. The van der Waals surface area contributed by atoms with E-state index in [0.717, 1.165) is 6.54 Å². The smallest absolute Gasteiger partial charge is 0.341 e. The second-order valence-electron chi connectivity index (χ2n) is 4.88. The number of furan rings is 1. The zero-order chi connectivity index (χ0) is 15.2. The van der Waals surface area contributed by atoms with Gasteiger partial charge in [0.15, 0.2) is 0 Å². The summed E-state index contributed by atoms with van der Waals surface area (Å²) in [6, 6.07) is 1.63. The van der Waals surface area contributed by atoms with E-state index >= 15 is 0 Å². The van der Waals surface area contributed by atoms with Crippen LogP contribution in [0.2, 0.25) is 0 Å². The summed E-state index contributed by atoms with van der Waals surface area (Å²) >= 11 is 0. The van der Waals surface area contributed by atoms with Crippen LogP contribution in [0.25, 0.3) is 0 Å². The molecule has 1 fully saturated rings. The Morgan fingerprint density at radius 2 is 2.33 bits per heavy atom. The average molecular weight is 296 g/mol. The summed E-state index contributed by atoms with van der Waals surface area (Å²) in [5.74, 6) is 0.464. The molecule has 0 saturated carbocycles. The minimum Gasteiger partial charge on any atom is -0.465 e. The summed E-state index contributed by atoms with van der Waals surface area (Å²) in [4.78, 5) is 23.3. The number of hydrogen-bond donors (Lipinski definition) is 2. The zero-order valence-electron chi connectivity index (χ0n) is 12.2. The number of nitrogens with one attached hydrogen (secondary N) is 2. The number of esters is 1. The molecule has 116 valence electrons. The Kier molecular flexibility index (Phi) is 5.35. The molecule has 2 N–H and O–H groups in total. The van der Waals surface area contributed by atoms with Gasteiger partial charge in [-0.05, 0) is 13.0 Å². The van der Waals surface area contributed by atoms with Gasteiger partial charge in [0.05, 0.1) is 26.9 Å². The number of carbonyl (C=O) groups is 2. The topological polar surface area (TPSA) is 89.8 Å². The first-order chi connectivity index (χ1) is 10.1. The van der Waals surface area contributed by atoms with Crippen LogP contribution in [-0.2, 0) is 20.8 Å². The van der Waals surface area contributed by atoms with Crippen molar-refractivity contribution in [3.63, 3.8) is 0 Å². The van der Waals surface area contributed by atoms with Crippen molar-refractivity contribution in [2.24, 2.45) is 0 Å². The third kappa shape index (κ3) is 4.30. The van der Waals surface area contributed by atoms with Crippen molar-refractivity contribution >= 4 is 11.9 Å². The molecular formula is C14H20N2O5. The van der Waals surface area contributed by atoms with Gasteiger partial charge in [0.25, 0.3) is 0 Å². The van der Waals surface area contributed by atoms with Crippen LogP contribution in [-0.4, -0.2) is 44.8 Å². The van der Waals surface area contributed by atoms with Crippen molar-refractivity contribution in [3.05, 3.63) is 23.2 Å². The largest absolute Gasteiger partial charge is 0.465 e. The molecule has 7 heteroatoms. The van der Waals surface area contributed by atoms with Gasteiger partial charge in [-0.25, -0.2) is 4.79 Å². The Balaban J connectivity index is 1.82. The second kappa shape index (κ2) is 7.24. The molecule has 0 aromatic carbocycles. The lowest BCUT2D eigenvalue weighted by Gasteiger charge is -2.23. The molecule has 2 rings (SSSR count). The Morgan fingerprint density at radius 1 is 1.52 bits per heavy atom. The summed E-state index contributed by atoms with van der Waals surface area (Å²) in [6.45, 7) is 3.91. The van der Waals surface area contributed by atoms with Crippen molar-refractivity contribution < 1.29 is 23.5 Å². The molecule has 1 aliphatic heterocycles. The van der Waals surface area contributed by atoms with E-state index in [2.05, 4.69) is 15.4 Å². The standard InChI is InChI=1S/C14H20N2O5/c1-9-12(14(18)19-2)6-11(21-9)7-16-13(17)5-10-8-20-4-3-15-10/h6,10,15H,3-5,7-8H2,1-2H3,(H,16,17). The third-order valence-electron chi connectivity index (χ3n) is 3.26. The van der Waals surface area contributed by atoms with Crippen LogP contribution >= 0.6 is 0 Å². The molecule has 1 aromatic heterocycles. The highest BCUT2D eigenvalue weighted by atomic mass is 16.5. The first-order valence-electron chi connectivity index (χ1n) is 6.85. The quantitative estimate of drug-likeness (QED) is 0.763. The fourth-order valence-corrected chi connectivity index (χ4v) is 2.18. The highest BCUT2D eigenvalue weighted by molar-refractivity contribution is 5.90. The van der Waals surface area contributed by atoms with Crippen molar-refractivity contribution in [3.8, 4) is 0 Å². The minimum atomic E-state index is -0.447. The summed E-state index contributed by atoms with van der Waals surface area (Å²) < 4.78 is 15.4. The third-order valence-corrected chi connectivity index (χ3v) is 3.26. The van der Waals surface area contributed by atoms with Gasteiger partial charge in [-0.15, -0.1) is 0 Å². The number of amides is 1. The number of carbonyl (C=O) groups excluding carboxylic acids is 2. The molecule has 21 heavy (non-hydrogen) atoms. The van der Waals surface area contributed by atoms with Gasteiger partial charge in [0.2, 0.25) is 5.91 Å². The van der Waals surface area contributed by atoms with Crippen LogP contribution in [0.5, 0.6) is 0 Å². The number of morpholine rings is 1. The predicted molar refractivity (Wildman–Crippen MR) is 73.9 cm³/mol. The summed E-state index contributed by atoms with van der Waals surface area (Å²) in [7, 11) is 1.31. The van der Waals surface area contributed by atoms with Gasteiger partial charge in [0.1, 0.15) is 17.1 Å². The zero-order valence-corrected chi connectivity index (χ0v) is 12.2. The molecule has 0 aliphatic carbocycles. The highest BCUT2D eigenvalue weighted by Gasteiger charge is 2.18. The first kappa shape index (κ1) is 15.5. The molecule has 0 bridgehead atoms. The van der Waals surface area contributed by atoms with Crippen molar-refractivity contribution in [1.82, 2.24) is 10.6 Å². The Morgan fingerprint density at radius 3 is 3.00 bits per heavy atom. The van der Waals surface area contributed by atoms with Crippen LogP contribution in [0, 0.1) is 6.92 Å². The Hall–Kier alpha value is -1.86. The van der Waals surface area contributed by atoms with Gasteiger partial charge in [-0.2, -0.15) is 0 Å². The monoisotopic (exact) mass is 296 g/mol. The highest BCUT2D eigenvalue weighted by Crippen LogP contribution is 2.15. The number of ether oxygens (including phenoxy) is 2. The predicted octanol–water partition coefficient (Wildman–Crippen LogP) is 0.369. The summed E-state index contributed by atoms with van der Waals surface area (Å²) in [5, 5.41) is 5.98. The van der Waals surface area contributed by atoms with Crippen LogP contribution in [0.15, 0.2) is 10.5 Å². The molecule has 1 amide bonds. The summed E-state index contributed by atoms with van der Waals surface area (Å²) in [6.07, 6.45) is 0.351. The van der Waals surface area contributed by atoms with E-state index in [1.165, 1.54) is 7.11 Å². The van der Waals surface area contributed by atoms with Gasteiger partial charge in [-0.3, -0.25) is 4.79 Å². The normalized spacial score (nSPS) is 18.3. The van der Waals surface area contributed by atoms with E-state index in [4.69, 9.17) is 9.15 Å². The lowest BCUT2D eigenvalue weighted by Crippen LogP contribution is -2.44. The first-order valence-corrected chi connectivity index (χ1v) is 6.85. The fraction of sp³-hybridized carbons (Fsp3) is 0.571. The molecule has 1 aromatic rings. The molecule has 1 aliphatic rings. The fourth-order valence-electron chi connectivity index (χ4n) is 2.18. The Bertz CT molecular complexity index is 505. The van der Waals surface area contributed by atoms with E-state index in [9.17, 15) is 9.59 Å². The average Bonchev–Trinajstić information content (AvgIpc) is 2.86. The maximum atomic E-state index is 11.8. The van der Waals surface area contributed by atoms with Crippen molar-refractivity contribution in [2.45, 2.75) is 25.9 Å². The molecule has 7 nitrogen and oxygen atoms in total. The maximum Gasteiger partial charge on any atom is 0.341 e. The minimum absolute atomic E-state index is 0.0442. The molecule has 2 heterocycles. The maximum absolute atomic E-state index is 11.8. The molecule has 0 spiro atoms.